The molecule has 17 heavy (non-hydrogen) atoms. The van der Waals surface area contributed by atoms with Crippen molar-refractivity contribution in [2.24, 2.45) is 17.3 Å². The molecular weight excluding hydrogens is 212 g/mol. The van der Waals surface area contributed by atoms with E-state index in [-0.39, 0.29) is 12.5 Å². The lowest BCUT2D eigenvalue weighted by atomic mass is 9.81. The van der Waals surface area contributed by atoms with Crippen LogP contribution in [-0.4, -0.2) is 22.4 Å². The lowest BCUT2D eigenvalue weighted by Crippen LogP contribution is -2.33. The Morgan fingerprint density at radius 1 is 1.29 bits per heavy atom. The maximum absolute atomic E-state index is 10.7. The van der Waals surface area contributed by atoms with Gasteiger partial charge >= 0.3 is 0 Å². The smallest absolute Gasteiger partial charge is 0.0685 e. The highest BCUT2D eigenvalue weighted by Gasteiger charge is 2.47. The van der Waals surface area contributed by atoms with Gasteiger partial charge in [0.25, 0.3) is 0 Å². The van der Waals surface area contributed by atoms with Crippen LogP contribution in [0, 0.1) is 17.3 Å². The zero-order valence-corrected chi connectivity index (χ0v) is 11.6. The molecule has 1 fully saturated rings. The van der Waals surface area contributed by atoms with Crippen LogP contribution < -0.4 is 0 Å². The summed E-state index contributed by atoms with van der Waals surface area (Å²) in [5, 5.41) is 20.2. The molecule has 3 atom stereocenters. The quantitative estimate of drug-likeness (QED) is 0.690. The fourth-order valence-corrected chi connectivity index (χ4v) is 3.74. The Morgan fingerprint density at radius 2 is 1.94 bits per heavy atom. The van der Waals surface area contributed by atoms with E-state index >= 15 is 0 Å². The summed E-state index contributed by atoms with van der Waals surface area (Å²) in [6.07, 6.45) is 3.87. The van der Waals surface area contributed by atoms with E-state index in [1.54, 1.807) is 0 Å². The van der Waals surface area contributed by atoms with Gasteiger partial charge in [-0.3, -0.25) is 0 Å². The van der Waals surface area contributed by atoms with Crippen LogP contribution in [0.15, 0.2) is 11.1 Å². The van der Waals surface area contributed by atoms with Crippen molar-refractivity contribution in [1.82, 2.24) is 0 Å². The number of rotatable bonds is 1. The highest BCUT2D eigenvalue weighted by atomic mass is 16.3. The second-order valence-corrected chi connectivity index (χ2v) is 7.08. The van der Waals surface area contributed by atoms with E-state index < -0.39 is 5.60 Å². The van der Waals surface area contributed by atoms with E-state index in [0.29, 0.717) is 11.3 Å². The molecule has 0 aromatic carbocycles. The van der Waals surface area contributed by atoms with Gasteiger partial charge in [0, 0.05) is 18.4 Å². The summed E-state index contributed by atoms with van der Waals surface area (Å²) in [7, 11) is 0. The molecule has 0 heterocycles. The summed E-state index contributed by atoms with van der Waals surface area (Å²) in [5.74, 6) is 0.560. The molecule has 1 saturated carbocycles. The van der Waals surface area contributed by atoms with Gasteiger partial charge in [0.2, 0.25) is 0 Å². The van der Waals surface area contributed by atoms with Gasteiger partial charge in [0.05, 0.1) is 5.60 Å². The minimum Gasteiger partial charge on any atom is -0.396 e. The Morgan fingerprint density at radius 3 is 2.53 bits per heavy atom. The Kier molecular flexibility index (Phi) is 3.16. The third-order valence-corrected chi connectivity index (χ3v) is 4.94. The molecule has 2 N–H and O–H groups in total. The van der Waals surface area contributed by atoms with Crippen LogP contribution in [0.2, 0.25) is 0 Å². The maximum atomic E-state index is 10.7. The van der Waals surface area contributed by atoms with E-state index in [1.165, 1.54) is 11.1 Å². The first kappa shape index (κ1) is 13.1. The fourth-order valence-electron chi connectivity index (χ4n) is 3.74. The van der Waals surface area contributed by atoms with Gasteiger partial charge in [0.1, 0.15) is 0 Å². The molecule has 2 aliphatic carbocycles. The summed E-state index contributed by atoms with van der Waals surface area (Å²) < 4.78 is 0. The van der Waals surface area contributed by atoms with Crippen molar-refractivity contribution in [2.45, 2.75) is 59.0 Å². The van der Waals surface area contributed by atoms with E-state index in [9.17, 15) is 10.2 Å². The Labute approximate surface area is 105 Å². The molecule has 2 heteroatoms. The molecule has 0 amide bonds. The van der Waals surface area contributed by atoms with Gasteiger partial charge in [-0.15, -0.1) is 0 Å². The average molecular weight is 238 g/mol. The van der Waals surface area contributed by atoms with Gasteiger partial charge in [0.15, 0.2) is 0 Å². The van der Waals surface area contributed by atoms with Crippen molar-refractivity contribution >= 4 is 0 Å². The summed E-state index contributed by atoms with van der Waals surface area (Å²) in [6, 6.07) is 0. The SMILES string of the molecule is CC1=C2CC(C)(C)C[C@H]2[C@](C)(O)CC[C@@H]1CO. The Bertz CT molecular complexity index is 339. The maximum Gasteiger partial charge on any atom is 0.0685 e. The Balaban J connectivity index is 2.42. The van der Waals surface area contributed by atoms with Crippen LogP contribution in [0.1, 0.15) is 53.4 Å². The van der Waals surface area contributed by atoms with Crippen molar-refractivity contribution in [3.05, 3.63) is 11.1 Å². The molecule has 0 bridgehead atoms. The van der Waals surface area contributed by atoms with Gasteiger partial charge in [-0.05, 0) is 44.9 Å². The van der Waals surface area contributed by atoms with E-state index in [2.05, 4.69) is 20.8 Å². The highest BCUT2D eigenvalue weighted by Crippen LogP contribution is 2.53. The first-order valence-electron chi connectivity index (χ1n) is 6.79. The summed E-state index contributed by atoms with van der Waals surface area (Å²) >= 11 is 0. The Hall–Kier alpha value is -0.340. The minimum atomic E-state index is -0.589. The molecule has 2 aliphatic rings. The van der Waals surface area contributed by atoms with Crippen molar-refractivity contribution in [3.8, 4) is 0 Å². The molecule has 0 aromatic heterocycles. The zero-order chi connectivity index (χ0) is 12.8. The van der Waals surface area contributed by atoms with Gasteiger partial charge in [-0.2, -0.15) is 0 Å². The number of fused-ring (bicyclic) bond motifs is 1. The van der Waals surface area contributed by atoms with Crippen LogP contribution >= 0.6 is 0 Å². The van der Waals surface area contributed by atoms with Crippen molar-refractivity contribution < 1.29 is 10.2 Å². The molecule has 2 nitrogen and oxygen atoms in total. The molecule has 98 valence electrons. The van der Waals surface area contributed by atoms with Crippen LogP contribution in [0.5, 0.6) is 0 Å². The third kappa shape index (κ3) is 2.30. The normalized spacial score (nSPS) is 41.3. The fraction of sp³-hybridized carbons (Fsp3) is 0.867. The van der Waals surface area contributed by atoms with Gasteiger partial charge in [-0.25, -0.2) is 0 Å². The standard InChI is InChI=1S/C15H26O2/c1-10-11(9-16)5-6-15(4,17)13-8-14(2,3)7-12(10)13/h11,13,16-17H,5-9H2,1-4H3/t11-,13-,15-/m1/s1. The van der Waals surface area contributed by atoms with Crippen LogP contribution in [0.25, 0.3) is 0 Å². The second-order valence-electron chi connectivity index (χ2n) is 7.08. The summed E-state index contributed by atoms with van der Waals surface area (Å²) in [4.78, 5) is 0. The first-order chi connectivity index (χ1) is 7.77. The number of hydrogen-bond acceptors (Lipinski definition) is 2. The molecule has 0 aliphatic heterocycles. The number of hydrogen-bond donors (Lipinski definition) is 2. The molecule has 0 aromatic rings. The van der Waals surface area contributed by atoms with Gasteiger partial charge < -0.3 is 10.2 Å². The van der Waals surface area contributed by atoms with E-state index in [1.807, 2.05) is 6.92 Å². The largest absolute Gasteiger partial charge is 0.396 e. The van der Waals surface area contributed by atoms with Crippen LogP contribution in [-0.2, 0) is 0 Å². The van der Waals surface area contributed by atoms with E-state index in [4.69, 9.17) is 0 Å². The first-order valence-corrected chi connectivity index (χ1v) is 6.79. The summed E-state index contributed by atoms with van der Waals surface area (Å²) in [6.45, 7) is 8.93. The predicted octanol–water partition coefficient (Wildman–Crippen LogP) is 2.89. The molecular formula is C15H26O2. The minimum absolute atomic E-state index is 0.221. The number of aliphatic hydroxyl groups excluding tert-OH is 1. The molecule has 0 spiro atoms. The highest BCUT2D eigenvalue weighted by molar-refractivity contribution is 5.28. The zero-order valence-electron chi connectivity index (χ0n) is 11.6. The summed E-state index contributed by atoms with van der Waals surface area (Å²) in [5.41, 5.74) is 2.48. The predicted molar refractivity (Wildman–Crippen MR) is 69.6 cm³/mol. The van der Waals surface area contributed by atoms with Crippen molar-refractivity contribution in [2.75, 3.05) is 6.61 Å². The second kappa shape index (κ2) is 4.10. The monoisotopic (exact) mass is 238 g/mol. The molecule has 0 unspecified atom stereocenters. The van der Waals surface area contributed by atoms with E-state index in [0.717, 1.165) is 25.7 Å². The number of aliphatic hydroxyl groups is 2. The van der Waals surface area contributed by atoms with Crippen molar-refractivity contribution in [3.63, 3.8) is 0 Å². The molecule has 0 radical (unpaired) electrons. The average Bonchev–Trinajstić information content (AvgIpc) is 2.52. The van der Waals surface area contributed by atoms with Gasteiger partial charge in [-0.1, -0.05) is 25.0 Å². The third-order valence-electron chi connectivity index (χ3n) is 4.94. The van der Waals surface area contributed by atoms with Crippen LogP contribution in [0.3, 0.4) is 0 Å². The van der Waals surface area contributed by atoms with Crippen LogP contribution in [0.4, 0.5) is 0 Å². The lowest BCUT2D eigenvalue weighted by Gasteiger charge is -2.31. The lowest BCUT2D eigenvalue weighted by molar-refractivity contribution is 0.000257. The topological polar surface area (TPSA) is 40.5 Å². The van der Waals surface area contributed by atoms with Crippen molar-refractivity contribution in [1.29, 1.82) is 0 Å². The molecule has 2 rings (SSSR count). The molecule has 0 saturated heterocycles.